The van der Waals surface area contributed by atoms with Gasteiger partial charge in [-0.15, -0.1) is 0 Å². The number of rotatable bonds is 4. The first-order valence-corrected chi connectivity index (χ1v) is 5.94. The summed E-state index contributed by atoms with van der Waals surface area (Å²) >= 11 is 0. The van der Waals surface area contributed by atoms with Gasteiger partial charge in [0.2, 0.25) is 0 Å². The van der Waals surface area contributed by atoms with E-state index in [9.17, 15) is 10.1 Å². The molecule has 8 heteroatoms. The lowest BCUT2D eigenvalue weighted by Gasteiger charge is -2.10. The van der Waals surface area contributed by atoms with Crippen molar-refractivity contribution >= 4 is 23.0 Å². The predicted octanol–water partition coefficient (Wildman–Crippen LogP) is 2.20. The maximum atomic E-state index is 10.9. The highest BCUT2D eigenvalue weighted by molar-refractivity contribution is 5.65. The number of benzene rings is 1. The first kappa shape index (κ1) is 14.2. The Morgan fingerprint density at radius 1 is 1.33 bits per heavy atom. The van der Waals surface area contributed by atoms with Gasteiger partial charge in [-0.25, -0.2) is 10.8 Å². The van der Waals surface area contributed by atoms with Gasteiger partial charge in [-0.2, -0.15) is 5.26 Å². The molecule has 0 unspecified atom stereocenters. The van der Waals surface area contributed by atoms with Crippen LogP contribution in [-0.4, -0.2) is 9.91 Å². The first-order chi connectivity index (χ1) is 10.0. The van der Waals surface area contributed by atoms with Gasteiger partial charge >= 0.3 is 0 Å². The summed E-state index contributed by atoms with van der Waals surface area (Å²) in [4.78, 5) is 14.4. The lowest BCUT2D eigenvalue weighted by Crippen LogP contribution is -2.10. The topological polar surface area (TPSA) is 130 Å². The zero-order valence-corrected chi connectivity index (χ0v) is 11.1. The summed E-state index contributed by atoms with van der Waals surface area (Å²) in [5.74, 6) is 5.68. The number of nitro groups is 1. The number of hydrazine groups is 1. The number of nitrogens with one attached hydrogen (secondary N) is 2. The third kappa shape index (κ3) is 3.23. The lowest BCUT2D eigenvalue weighted by atomic mass is 10.1. The van der Waals surface area contributed by atoms with Crippen molar-refractivity contribution in [1.29, 1.82) is 5.26 Å². The SMILES string of the molecule is Cc1ccc(C#N)cc1Nc1cc([N+](=O)[O-])cc(NN)n1. The van der Waals surface area contributed by atoms with Gasteiger partial charge in [-0.3, -0.25) is 10.1 Å². The largest absolute Gasteiger partial charge is 0.340 e. The Kier molecular flexibility index (Phi) is 3.97. The van der Waals surface area contributed by atoms with Crippen LogP contribution in [-0.2, 0) is 0 Å². The smallest absolute Gasteiger partial charge is 0.276 e. The molecule has 0 atom stereocenters. The van der Waals surface area contributed by atoms with Gasteiger partial charge in [0.1, 0.15) is 11.6 Å². The molecule has 0 spiro atoms. The molecule has 0 fully saturated rings. The lowest BCUT2D eigenvalue weighted by molar-refractivity contribution is -0.384. The van der Waals surface area contributed by atoms with Crippen molar-refractivity contribution in [2.45, 2.75) is 6.92 Å². The van der Waals surface area contributed by atoms with E-state index in [-0.39, 0.29) is 17.3 Å². The highest BCUT2D eigenvalue weighted by atomic mass is 16.6. The summed E-state index contributed by atoms with van der Waals surface area (Å²) in [6.07, 6.45) is 0. The summed E-state index contributed by atoms with van der Waals surface area (Å²) in [5.41, 5.74) is 4.13. The second-order valence-electron chi connectivity index (χ2n) is 4.26. The molecule has 0 aliphatic carbocycles. The number of nitrogen functional groups attached to an aromatic ring is 1. The number of nitrogens with two attached hydrogens (primary N) is 1. The number of pyridine rings is 1. The fourth-order valence-electron chi connectivity index (χ4n) is 1.72. The van der Waals surface area contributed by atoms with Crippen LogP contribution in [0.5, 0.6) is 0 Å². The maximum Gasteiger partial charge on any atom is 0.276 e. The van der Waals surface area contributed by atoms with Crippen molar-refractivity contribution in [3.05, 3.63) is 51.6 Å². The zero-order valence-electron chi connectivity index (χ0n) is 11.1. The molecular weight excluding hydrogens is 272 g/mol. The van der Waals surface area contributed by atoms with E-state index in [0.717, 1.165) is 5.56 Å². The van der Waals surface area contributed by atoms with Gasteiger partial charge in [-0.1, -0.05) is 6.07 Å². The molecule has 1 heterocycles. The van der Waals surface area contributed by atoms with E-state index in [4.69, 9.17) is 11.1 Å². The van der Waals surface area contributed by atoms with Gasteiger partial charge < -0.3 is 10.7 Å². The number of nitrogens with zero attached hydrogens (tertiary/aromatic N) is 3. The van der Waals surface area contributed by atoms with Crippen LogP contribution in [0.2, 0.25) is 0 Å². The Hall–Kier alpha value is -3.18. The van der Waals surface area contributed by atoms with Gasteiger partial charge in [0.05, 0.1) is 28.7 Å². The van der Waals surface area contributed by atoms with Crippen molar-refractivity contribution in [1.82, 2.24) is 4.98 Å². The van der Waals surface area contributed by atoms with E-state index in [0.29, 0.717) is 11.3 Å². The van der Waals surface area contributed by atoms with Gasteiger partial charge in [-0.05, 0) is 24.6 Å². The van der Waals surface area contributed by atoms with Crippen LogP contribution in [0.1, 0.15) is 11.1 Å². The molecule has 8 nitrogen and oxygen atoms in total. The van der Waals surface area contributed by atoms with Crippen LogP contribution < -0.4 is 16.6 Å². The Morgan fingerprint density at radius 2 is 2.05 bits per heavy atom. The molecule has 0 amide bonds. The number of anilines is 3. The van der Waals surface area contributed by atoms with Crippen molar-refractivity contribution in [3.63, 3.8) is 0 Å². The second kappa shape index (κ2) is 5.85. The van der Waals surface area contributed by atoms with Gasteiger partial charge in [0.25, 0.3) is 5.69 Å². The fraction of sp³-hybridized carbons (Fsp3) is 0.0769. The minimum absolute atomic E-state index is 0.144. The van der Waals surface area contributed by atoms with Crippen LogP contribution in [0.3, 0.4) is 0 Å². The highest BCUT2D eigenvalue weighted by Gasteiger charge is 2.11. The number of aromatic nitrogens is 1. The monoisotopic (exact) mass is 284 g/mol. The minimum Gasteiger partial charge on any atom is -0.340 e. The summed E-state index contributed by atoms with van der Waals surface area (Å²) in [6.45, 7) is 1.85. The quantitative estimate of drug-likeness (QED) is 0.445. The molecule has 21 heavy (non-hydrogen) atoms. The van der Waals surface area contributed by atoms with Crippen molar-refractivity contribution < 1.29 is 4.92 Å². The standard InChI is InChI=1S/C13H12N6O2/c1-8-2-3-9(7-14)4-11(8)16-12-5-10(19(20)21)6-13(17-12)18-15/h2-6H,15H2,1H3,(H2,16,17,18). The van der Waals surface area contributed by atoms with Gasteiger partial charge in [0, 0.05) is 5.69 Å². The van der Waals surface area contributed by atoms with Crippen molar-refractivity contribution in [2.24, 2.45) is 5.84 Å². The van der Waals surface area contributed by atoms with E-state index in [1.807, 2.05) is 13.0 Å². The molecule has 0 saturated heterocycles. The molecule has 1 aromatic carbocycles. The second-order valence-corrected chi connectivity index (χ2v) is 4.26. The molecule has 0 aliphatic heterocycles. The summed E-state index contributed by atoms with van der Waals surface area (Å²) in [6, 6.07) is 9.66. The van der Waals surface area contributed by atoms with Crippen LogP contribution in [0.4, 0.5) is 23.0 Å². The summed E-state index contributed by atoms with van der Waals surface area (Å²) in [5, 5.41) is 22.7. The molecule has 106 valence electrons. The van der Waals surface area contributed by atoms with E-state index >= 15 is 0 Å². The van der Waals surface area contributed by atoms with E-state index < -0.39 is 4.92 Å². The van der Waals surface area contributed by atoms with Crippen LogP contribution >= 0.6 is 0 Å². The van der Waals surface area contributed by atoms with Crippen LogP contribution in [0.15, 0.2) is 30.3 Å². The number of hydrogen-bond donors (Lipinski definition) is 3. The van der Waals surface area contributed by atoms with E-state index in [2.05, 4.69) is 15.7 Å². The molecule has 4 N–H and O–H groups in total. The molecule has 0 aliphatic rings. The third-order valence-corrected chi connectivity index (χ3v) is 2.80. The van der Waals surface area contributed by atoms with Crippen LogP contribution in [0, 0.1) is 28.4 Å². The Morgan fingerprint density at radius 3 is 2.67 bits per heavy atom. The normalized spacial score (nSPS) is 9.76. The van der Waals surface area contributed by atoms with Crippen LogP contribution in [0.25, 0.3) is 0 Å². The average Bonchev–Trinajstić information content (AvgIpc) is 2.49. The average molecular weight is 284 g/mol. The zero-order chi connectivity index (χ0) is 15.4. The molecule has 1 aromatic heterocycles. The molecular formula is C13H12N6O2. The molecule has 2 rings (SSSR count). The predicted molar refractivity (Wildman–Crippen MR) is 77.9 cm³/mol. The Bertz CT molecular complexity index is 738. The van der Waals surface area contributed by atoms with E-state index in [1.54, 1.807) is 18.2 Å². The summed E-state index contributed by atoms with van der Waals surface area (Å²) in [7, 11) is 0. The fourth-order valence-corrected chi connectivity index (χ4v) is 1.72. The van der Waals surface area contributed by atoms with Gasteiger partial charge in [0.15, 0.2) is 0 Å². The number of nitriles is 1. The molecule has 2 aromatic rings. The molecule has 0 saturated carbocycles. The number of aryl methyl sites for hydroxylation is 1. The Balaban J connectivity index is 2.41. The minimum atomic E-state index is -0.535. The molecule has 0 bridgehead atoms. The maximum absolute atomic E-state index is 10.9. The van der Waals surface area contributed by atoms with Crippen molar-refractivity contribution in [2.75, 3.05) is 10.7 Å². The van der Waals surface area contributed by atoms with Crippen molar-refractivity contribution in [3.8, 4) is 6.07 Å². The summed E-state index contributed by atoms with van der Waals surface area (Å²) < 4.78 is 0. The number of hydrogen-bond acceptors (Lipinski definition) is 7. The third-order valence-electron chi connectivity index (χ3n) is 2.80. The highest BCUT2D eigenvalue weighted by Crippen LogP contribution is 2.25. The molecule has 0 radical (unpaired) electrons. The first-order valence-electron chi connectivity index (χ1n) is 5.94. The Labute approximate surface area is 120 Å². The van der Waals surface area contributed by atoms with E-state index in [1.165, 1.54) is 12.1 Å².